The maximum atomic E-state index is 13.8. The number of amides is 3. The molecule has 0 radical (unpaired) electrons. The van der Waals surface area contributed by atoms with Crippen molar-refractivity contribution in [3.8, 4) is 11.5 Å². The van der Waals surface area contributed by atoms with Gasteiger partial charge in [0.1, 0.15) is 18.0 Å². The van der Waals surface area contributed by atoms with Crippen molar-refractivity contribution in [2.75, 3.05) is 38.7 Å². The lowest BCUT2D eigenvalue weighted by atomic mass is 9.99. The summed E-state index contributed by atoms with van der Waals surface area (Å²) in [5.74, 6) is 1.30. The molecule has 5 rings (SSSR count). The molecule has 0 aliphatic carbocycles. The van der Waals surface area contributed by atoms with Crippen LogP contribution in [0, 0.1) is 0 Å². The average Bonchev–Trinajstić information content (AvgIpc) is 3.45. The third-order valence-corrected chi connectivity index (χ3v) is 6.72. The maximum absolute atomic E-state index is 13.8. The Morgan fingerprint density at radius 2 is 1.64 bits per heavy atom. The molecule has 8 nitrogen and oxygen atoms in total. The minimum absolute atomic E-state index is 0.0700. The lowest BCUT2D eigenvalue weighted by Crippen LogP contribution is -2.49. The molecule has 39 heavy (non-hydrogen) atoms. The smallest absolute Gasteiger partial charge is 0.322 e. The van der Waals surface area contributed by atoms with E-state index in [4.69, 9.17) is 9.47 Å². The Hall–Kier alpha value is -4.56. The van der Waals surface area contributed by atoms with Gasteiger partial charge in [-0.05, 0) is 54.1 Å². The van der Waals surface area contributed by atoms with Gasteiger partial charge in [0.25, 0.3) is 0 Å². The van der Waals surface area contributed by atoms with E-state index in [1.165, 1.54) is 4.90 Å². The van der Waals surface area contributed by atoms with Gasteiger partial charge in [0.05, 0.1) is 12.6 Å². The standard InChI is InChI=1S/C31H32N4O4/c1-38-21-20-34(31(37)32-25-11-4-2-5-12-25)23-29(36)35-19-18-33-17-9-16-28(33)30(35)24-10-8-15-27(22-24)39-26-13-6-3-7-14-26/h2-17,22,30H,18-21,23H2,1H3,(H,32,37)/t30-/m1/s1. The summed E-state index contributed by atoms with van der Waals surface area (Å²) >= 11 is 0. The SMILES string of the molecule is COCCN(CC(=O)N1CCn2cccc2[C@H]1c1cccc(Oc2ccccc2)c1)C(=O)Nc1ccccc1. The summed E-state index contributed by atoms with van der Waals surface area (Å²) in [6, 6.07) is 30.0. The molecule has 1 atom stereocenters. The van der Waals surface area contributed by atoms with Crippen LogP contribution in [0.25, 0.3) is 0 Å². The Bertz CT molecular complexity index is 1390. The fourth-order valence-electron chi connectivity index (χ4n) is 4.81. The van der Waals surface area contributed by atoms with Gasteiger partial charge in [-0.3, -0.25) is 4.79 Å². The summed E-state index contributed by atoms with van der Waals surface area (Å²) in [5, 5.41) is 2.88. The van der Waals surface area contributed by atoms with Crippen LogP contribution in [0.1, 0.15) is 17.3 Å². The summed E-state index contributed by atoms with van der Waals surface area (Å²) in [5.41, 5.74) is 2.62. The molecule has 1 N–H and O–H groups in total. The normalized spacial score (nSPS) is 14.4. The zero-order valence-electron chi connectivity index (χ0n) is 21.9. The van der Waals surface area contributed by atoms with E-state index in [1.54, 1.807) is 7.11 Å². The molecule has 2 heterocycles. The molecule has 0 saturated carbocycles. The highest BCUT2D eigenvalue weighted by atomic mass is 16.5. The van der Waals surface area contributed by atoms with Crippen LogP contribution in [0.3, 0.4) is 0 Å². The number of aromatic nitrogens is 1. The number of urea groups is 1. The number of rotatable bonds is 9. The molecule has 4 aromatic rings. The summed E-state index contributed by atoms with van der Waals surface area (Å²) in [6.45, 7) is 1.74. The quantitative estimate of drug-likeness (QED) is 0.318. The van der Waals surface area contributed by atoms with E-state index in [0.717, 1.165) is 17.0 Å². The lowest BCUT2D eigenvalue weighted by Gasteiger charge is -2.38. The number of ether oxygens (including phenoxy) is 2. The van der Waals surface area contributed by atoms with Gasteiger partial charge in [-0.15, -0.1) is 0 Å². The van der Waals surface area contributed by atoms with E-state index >= 15 is 0 Å². The predicted molar refractivity (Wildman–Crippen MR) is 150 cm³/mol. The van der Waals surface area contributed by atoms with Crippen molar-refractivity contribution >= 4 is 17.6 Å². The van der Waals surface area contributed by atoms with Crippen molar-refractivity contribution in [2.24, 2.45) is 0 Å². The number of hydrogen-bond donors (Lipinski definition) is 1. The number of benzene rings is 3. The number of methoxy groups -OCH3 is 1. The molecule has 1 aliphatic heterocycles. The van der Waals surface area contributed by atoms with Gasteiger partial charge in [-0.2, -0.15) is 0 Å². The van der Waals surface area contributed by atoms with Crippen molar-refractivity contribution < 1.29 is 19.1 Å². The number of hydrogen-bond acceptors (Lipinski definition) is 4. The first-order valence-corrected chi connectivity index (χ1v) is 13.0. The minimum atomic E-state index is -0.346. The average molecular weight is 525 g/mol. The largest absolute Gasteiger partial charge is 0.457 e. The van der Waals surface area contributed by atoms with E-state index in [0.29, 0.717) is 31.1 Å². The molecular weight excluding hydrogens is 492 g/mol. The Morgan fingerprint density at radius 3 is 2.41 bits per heavy atom. The second kappa shape index (κ2) is 12.3. The predicted octanol–water partition coefficient (Wildman–Crippen LogP) is 5.39. The molecule has 3 amide bonds. The van der Waals surface area contributed by atoms with E-state index in [-0.39, 0.29) is 31.1 Å². The molecular formula is C31H32N4O4. The fourth-order valence-corrected chi connectivity index (χ4v) is 4.81. The topological polar surface area (TPSA) is 76.0 Å². The number of carbonyl (C=O) groups is 2. The van der Waals surface area contributed by atoms with Gasteiger partial charge < -0.3 is 29.2 Å². The van der Waals surface area contributed by atoms with Gasteiger partial charge in [0.2, 0.25) is 5.91 Å². The molecule has 1 aliphatic rings. The Balaban J connectivity index is 1.39. The van der Waals surface area contributed by atoms with Crippen molar-refractivity contribution in [3.05, 3.63) is 115 Å². The molecule has 0 fully saturated rings. The number of anilines is 1. The van der Waals surface area contributed by atoms with Crippen LogP contribution in [-0.4, -0.2) is 59.7 Å². The Labute approximate surface area is 228 Å². The summed E-state index contributed by atoms with van der Waals surface area (Å²) < 4.78 is 13.5. The first-order valence-electron chi connectivity index (χ1n) is 13.0. The first kappa shape index (κ1) is 26.1. The highest BCUT2D eigenvalue weighted by Gasteiger charge is 2.33. The van der Waals surface area contributed by atoms with Crippen molar-refractivity contribution in [3.63, 3.8) is 0 Å². The van der Waals surface area contributed by atoms with E-state index in [1.807, 2.05) is 108 Å². The second-order valence-corrected chi connectivity index (χ2v) is 9.31. The van der Waals surface area contributed by atoms with Crippen LogP contribution in [-0.2, 0) is 16.1 Å². The van der Waals surface area contributed by atoms with Crippen LogP contribution >= 0.6 is 0 Å². The number of para-hydroxylation sites is 2. The van der Waals surface area contributed by atoms with Gasteiger partial charge in [0, 0.05) is 44.3 Å². The molecule has 0 unspecified atom stereocenters. The highest BCUT2D eigenvalue weighted by molar-refractivity contribution is 5.92. The monoisotopic (exact) mass is 524 g/mol. The lowest BCUT2D eigenvalue weighted by molar-refractivity contribution is -0.134. The Morgan fingerprint density at radius 1 is 0.897 bits per heavy atom. The Kier molecular flexibility index (Phi) is 8.23. The molecule has 8 heteroatoms. The highest BCUT2D eigenvalue weighted by Crippen LogP contribution is 2.35. The van der Waals surface area contributed by atoms with E-state index in [2.05, 4.69) is 9.88 Å². The van der Waals surface area contributed by atoms with Gasteiger partial charge in [0.15, 0.2) is 0 Å². The van der Waals surface area contributed by atoms with Gasteiger partial charge in [-0.1, -0.05) is 48.5 Å². The molecule has 0 bridgehead atoms. The van der Waals surface area contributed by atoms with Crippen LogP contribution in [0.15, 0.2) is 103 Å². The molecule has 200 valence electrons. The molecule has 0 saturated heterocycles. The number of carbonyl (C=O) groups excluding carboxylic acids is 2. The third-order valence-electron chi connectivity index (χ3n) is 6.72. The zero-order valence-corrected chi connectivity index (χ0v) is 21.9. The van der Waals surface area contributed by atoms with Crippen molar-refractivity contribution in [1.29, 1.82) is 0 Å². The fraction of sp³-hybridized carbons (Fsp3) is 0.226. The van der Waals surface area contributed by atoms with Crippen LogP contribution < -0.4 is 10.1 Å². The maximum Gasteiger partial charge on any atom is 0.322 e. The van der Waals surface area contributed by atoms with Gasteiger partial charge in [-0.25, -0.2) is 4.79 Å². The number of nitrogens with zero attached hydrogens (tertiary/aromatic N) is 3. The number of nitrogens with one attached hydrogen (secondary N) is 1. The summed E-state index contributed by atoms with van der Waals surface area (Å²) in [6.07, 6.45) is 2.03. The summed E-state index contributed by atoms with van der Waals surface area (Å²) in [7, 11) is 1.58. The van der Waals surface area contributed by atoms with Crippen LogP contribution in [0.4, 0.5) is 10.5 Å². The second-order valence-electron chi connectivity index (χ2n) is 9.31. The molecule has 0 spiro atoms. The molecule has 1 aromatic heterocycles. The molecule has 3 aromatic carbocycles. The first-order chi connectivity index (χ1) is 19.1. The van der Waals surface area contributed by atoms with Crippen LogP contribution in [0.2, 0.25) is 0 Å². The third kappa shape index (κ3) is 6.30. The van der Waals surface area contributed by atoms with Gasteiger partial charge >= 0.3 is 6.03 Å². The van der Waals surface area contributed by atoms with E-state index in [9.17, 15) is 9.59 Å². The summed E-state index contributed by atoms with van der Waals surface area (Å²) in [4.78, 5) is 30.3. The van der Waals surface area contributed by atoms with Crippen molar-refractivity contribution in [1.82, 2.24) is 14.4 Å². The van der Waals surface area contributed by atoms with Crippen LogP contribution in [0.5, 0.6) is 11.5 Å². The zero-order chi connectivity index (χ0) is 27.0. The number of fused-ring (bicyclic) bond motifs is 1. The van der Waals surface area contributed by atoms with E-state index < -0.39 is 0 Å². The van der Waals surface area contributed by atoms with Crippen molar-refractivity contribution in [2.45, 2.75) is 12.6 Å². The minimum Gasteiger partial charge on any atom is -0.457 e.